The molecule has 1 aliphatic rings. The van der Waals surface area contributed by atoms with Gasteiger partial charge in [-0.2, -0.15) is 0 Å². The van der Waals surface area contributed by atoms with Crippen molar-refractivity contribution in [1.82, 2.24) is 10.3 Å². The average molecular weight is 235 g/mol. The molecular weight excluding hydrogens is 214 g/mol. The van der Waals surface area contributed by atoms with Gasteiger partial charge in [-0.05, 0) is 24.0 Å². The van der Waals surface area contributed by atoms with Crippen molar-refractivity contribution in [3.05, 3.63) is 28.0 Å². The number of pyridine rings is 1. The van der Waals surface area contributed by atoms with Gasteiger partial charge in [-0.15, -0.1) is 0 Å². The zero-order valence-corrected chi connectivity index (χ0v) is 10.6. The maximum absolute atomic E-state index is 11.6. The van der Waals surface area contributed by atoms with Crippen LogP contribution in [0.1, 0.15) is 19.4 Å². The van der Waals surface area contributed by atoms with Gasteiger partial charge in [0.2, 0.25) is 5.56 Å². The number of anilines is 1. The molecule has 17 heavy (non-hydrogen) atoms. The molecule has 2 N–H and O–H groups in total. The van der Waals surface area contributed by atoms with E-state index in [0.29, 0.717) is 5.92 Å². The third kappa shape index (κ3) is 3.33. The predicted molar refractivity (Wildman–Crippen MR) is 70.7 cm³/mol. The molecule has 0 aromatic carbocycles. The second-order valence-electron chi connectivity index (χ2n) is 5.07. The van der Waals surface area contributed by atoms with Gasteiger partial charge in [0, 0.05) is 32.2 Å². The number of aromatic nitrogens is 1. The summed E-state index contributed by atoms with van der Waals surface area (Å²) in [5, 5.41) is 3.31. The third-order valence-corrected chi connectivity index (χ3v) is 2.99. The standard InChI is InChI=1S/C13H21N3O/c1-10(2)7-11-8-12(15-13(17)9-11)16-5-3-14-4-6-16/h8-10,14H,3-7H2,1-2H3,(H,15,17). The number of aromatic amines is 1. The molecule has 0 amide bonds. The lowest BCUT2D eigenvalue weighted by Crippen LogP contribution is -2.44. The Kier molecular flexibility index (Phi) is 3.84. The van der Waals surface area contributed by atoms with Gasteiger partial charge in [-0.25, -0.2) is 0 Å². The Morgan fingerprint density at radius 1 is 1.29 bits per heavy atom. The van der Waals surface area contributed by atoms with E-state index in [1.54, 1.807) is 6.07 Å². The lowest BCUT2D eigenvalue weighted by Gasteiger charge is -2.29. The van der Waals surface area contributed by atoms with Crippen LogP contribution in [0.15, 0.2) is 16.9 Å². The molecule has 4 nitrogen and oxygen atoms in total. The first kappa shape index (κ1) is 12.2. The maximum Gasteiger partial charge on any atom is 0.249 e. The Hall–Kier alpha value is -1.29. The number of nitrogens with zero attached hydrogens (tertiary/aromatic N) is 1. The summed E-state index contributed by atoms with van der Waals surface area (Å²) in [5.74, 6) is 1.54. The van der Waals surface area contributed by atoms with E-state index in [1.165, 1.54) is 0 Å². The molecule has 1 fully saturated rings. The highest BCUT2D eigenvalue weighted by Crippen LogP contribution is 2.14. The summed E-state index contributed by atoms with van der Waals surface area (Å²) >= 11 is 0. The van der Waals surface area contributed by atoms with Crippen LogP contribution in [0, 0.1) is 5.92 Å². The molecule has 0 radical (unpaired) electrons. The van der Waals surface area contributed by atoms with Crippen molar-refractivity contribution in [2.45, 2.75) is 20.3 Å². The molecule has 4 heteroatoms. The normalized spacial score (nSPS) is 16.5. The van der Waals surface area contributed by atoms with Crippen LogP contribution in [0.3, 0.4) is 0 Å². The Balaban J connectivity index is 2.21. The fourth-order valence-electron chi connectivity index (χ4n) is 2.25. The number of piperazine rings is 1. The van der Waals surface area contributed by atoms with E-state index in [2.05, 4.69) is 35.1 Å². The van der Waals surface area contributed by atoms with Gasteiger partial charge in [0.1, 0.15) is 5.82 Å². The van der Waals surface area contributed by atoms with Crippen molar-refractivity contribution >= 4 is 5.82 Å². The largest absolute Gasteiger partial charge is 0.356 e. The summed E-state index contributed by atoms with van der Waals surface area (Å²) in [6, 6.07) is 3.83. The second kappa shape index (κ2) is 5.36. The van der Waals surface area contributed by atoms with Gasteiger partial charge < -0.3 is 15.2 Å². The van der Waals surface area contributed by atoms with Gasteiger partial charge in [-0.3, -0.25) is 4.79 Å². The van der Waals surface area contributed by atoms with Gasteiger partial charge in [0.25, 0.3) is 0 Å². The fraction of sp³-hybridized carbons (Fsp3) is 0.615. The Morgan fingerprint density at radius 2 is 2.00 bits per heavy atom. The van der Waals surface area contributed by atoms with Crippen LogP contribution in [0.25, 0.3) is 0 Å². The first-order chi connectivity index (χ1) is 8.15. The number of hydrogen-bond donors (Lipinski definition) is 2. The van der Waals surface area contributed by atoms with Crippen molar-refractivity contribution in [1.29, 1.82) is 0 Å². The predicted octanol–water partition coefficient (Wildman–Crippen LogP) is 0.983. The molecule has 1 saturated heterocycles. The number of nitrogens with one attached hydrogen (secondary N) is 2. The third-order valence-electron chi connectivity index (χ3n) is 2.99. The molecule has 2 heterocycles. The summed E-state index contributed by atoms with van der Waals surface area (Å²) in [7, 11) is 0. The molecule has 1 aliphatic heterocycles. The van der Waals surface area contributed by atoms with Crippen molar-refractivity contribution < 1.29 is 0 Å². The van der Waals surface area contributed by atoms with E-state index in [0.717, 1.165) is 44.0 Å². The Labute approximate surface area is 102 Å². The summed E-state index contributed by atoms with van der Waals surface area (Å²) in [5.41, 5.74) is 1.15. The molecule has 94 valence electrons. The highest BCUT2D eigenvalue weighted by Gasteiger charge is 2.12. The monoisotopic (exact) mass is 235 g/mol. The van der Waals surface area contributed by atoms with E-state index < -0.39 is 0 Å². The molecule has 0 unspecified atom stereocenters. The quantitative estimate of drug-likeness (QED) is 0.821. The summed E-state index contributed by atoms with van der Waals surface area (Å²) in [6.07, 6.45) is 0.961. The second-order valence-corrected chi connectivity index (χ2v) is 5.07. The van der Waals surface area contributed by atoms with Crippen LogP contribution in [0.5, 0.6) is 0 Å². The molecule has 2 rings (SSSR count). The minimum Gasteiger partial charge on any atom is -0.356 e. The molecule has 0 bridgehead atoms. The zero-order chi connectivity index (χ0) is 12.3. The molecular formula is C13H21N3O. The average Bonchev–Trinajstić information content (AvgIpc) is 2.28. The topological polar surface area (TPSA) is 48.1 Å². The molecule has 0 aliphatic carbocycles. The van der Waals surface area contributed by atoms with Gasteiger partial charge >= 0.3 is 0 Å². The molecule has 1 aromatic heterocycles. The van der Waals surface area contributed by atoms with Gasteiger partial charge in [0.05, 0.1) is 0 Å². The first-order valence-electron chi connectivity index (χ1n) is 6.34. The molecule has 0 spiro atoms. The van der Waals surface area contributed by atoms with Crippen LogP contribution in [0.2, 0.25) is 0 Å². The highest BCUT2D eigenvalue weighted by atomic mass is 16.1. The van der Waals surface area contributed by atoms with Crippen LogP contribution in [-0.2, 0) is 6.42 Å². The minimum atomic E-state index is 0.0108. The van der Waals surface area contributed by atoms with E-state index in [1.807, 2.05) is 0 Å². The van der Waals surface area contributed by atoms with Gasteiger partial charge in [0.15, 0.2) is 0 Å². The molecule has 1 aromatic rings. The van der Waals surface area contributed by atoms with Crippen LogP contribution >= 0.6 is 0 Å². The smallest absolute Gasteiger partial charge is 0.249 e. The number of H-pyrrole nitrogens is 1. The summed E-state index contributed by atoms with van der Waals surface area (Å²) in [4.78, 5) is 16.8. The van der Waals surface area contributed by atoms with E-state index in [-0.39, 0.29) is 5.56 Å². The highest BCUT2D eigenvalue weighted by molar-refractivity contribution is 5.41. The summed E-state index contributed by atoms with van der Waals surface area (Å²) in [6.45, 7) is 8.23. The van der Waals surface area contributed by atoms with Crippen molar-refractivity contribution in [2.24, 2.45) is 5.92 Å². The van der Waals surface area contributed by atoms with Gasteiger partial charge in [-0.1, -0.05) is 13.8 Å². The van der Waals surface area contributed by atoms with Crippen LogP contribution in [0.4, 0.5) is 5.82 Å². The van der Waals surface area contributed by atoms with E-state index in [4.69, 9.17) is 0 Å². The van der Waals surface area contributed by atoms with Crippen molar-refractivity contribution in [3.63, 3.8) is 0 Å². The van der Waals surface area contributed by atoms with Crippen molar-refractivity contribution in [2.75, 3.05) is 31.1 Å². The molecule has 0 atom stereocenters. The Morgan fingerprint density at radius 3 is 2.65 bits per heavy atom. The maximum atomic E-state index is 11.6. The van der Waals surface area contributed by atoms with Crippen LogP contribution < -0.4 is 15.8 Å². The first-order valence-corrected chi connectivity index (χ1v) is 6.34. The Bertz CT molecular complexity index is 419. The van der Waals surface area contributed by atoms with E-state index >= 15 is 0 Å². The van der Waals surface area contributed by atoms with Crippen molar-refractivity contribution in [3.8, 4) is 0 Å². The fourth-order valence-corrected chi connectivity index (χ4v) is 2.25. The molecule has 0 saturated carbocycles. The lowest BCUT2D eigenvalue weighted by atomic mass is 10.0. The zero-order valence-electron chi connectivity index (χ0n) is 10.6. The number of rotatable bonds is 3. The summed E-state index contributed by atoms with van der Waals surface area (Å²) < 4.78 is 0. The minimum absolute atomic E-state index is 0.0108. The number of hydrogen-bond acceptors (Lipinski definition) is 3. The van der Waals surface area contributed by atoms with E-state index in [9.17, 15) is 4.79 Å². The van der Waals surface area contributed by atoms with Crippen LogP contribution in [-0.4, -0.2) is 31.2 Å². The lowest BCUT2D eigenvalue weighted by molar-refractivity contribution is 0.583. The SMILES string of the molecule is CC(C)Cc1cc(N2CCNCC2)[nH]c(=O)c1.